The van der Waals surface area contributed by atoms with Crippen LogP contribution in [0.3, 0.4) is 0 Å². The zero-order valence-electron chi connectivity index (χ0n) is 9.43. The number of anilines is 1. The molecule has 6 nitrogen and oxygen atoms in total. The first-order chi connectivity index (χ1) is 7.99. The minimum absolute atomic E-state index is 0.451. The lowest BCUT2D eigenvalue weighted by molar-refractivity contribution is -0.123. The molecule has 6 heteroatoms. The molecule has 2 rings (SSSR count). The summed E-state index contributed by atoms with van der Waals surface area (Å²) in [5.41, 5.74) is 1.53. The summed E-state index contributed by atoms with van der Waals surface area (Å²) in [6, 6.07) is 4.81. The second-order valence-corrected chi connectivity index (χ2v) is 3.77. The van der Waals surface area contributed by atoms with Crippen molar-refractivity contribution in [2.45, 2.75) is 13.0 Å². The highest BCUT2D eigenvalue weighted by Gasteiger charge is 2.11. The summed E-state index contributed by atoms with van der Waals surface area (Å²) in [6.07, 6.45) is -1.08. The second-order valence-electron chi connectivity index (χ2n) is 3.77. The van der Waals surface area contributed by atoms with Gasteiger partial charge in [0.2, 0.25) is 0 Å². The molecule has 0 saturated heterocycles. The fourth-order valence-electron chi connectivity index (χ4n) is 1.45. The fraction of sp³-hybridized carbons (Fsp3) is 0.273. The molecule has 1 aromatic heterocycles. The Balaban J connectivity index is 2.41. The van der Waals surface area contributed by atoms with E-state index in [2.05, 4.69) is 5.32 Å². The predicted molar refractivity (Wildman–Crippen MR) is 61.8 cm³/mol. The third kappa shape index (κ3) is 2.07. The number of hydrogen-bond acceptors (Lipinski definition) is 4. The van der Waals surface area contributed by atoms with Gasteiger partial charge in [-0.3, -0.25) is 9.36 Å². The zero-order chi connectivity index (χ0) is 12.6. The summed E-state index contributed by atoms with van der Waals surface area (Å²) in [5, 5.41) is 11.6. The van der Waals surface area contributed by atoms with Gasteiger partial charge in [-0.15, -0.1) is 0 Å². The van der Waals surface area contributed by atoms with E-state index in [9.17, 15) is 9.59 Å². The van der Waals surface area contributed by atoms with E-state index < -0.39 is 17.8 Å². The Kier molecular flexibility index (Phi) is 2.72. The van der Waals surface area contributed by atoms with Gasteiger partial charge in [0.05, 0.1) is 5.52 Å². The maximum atomic E-state index is 11.3. The van der Waals surface area contributed by atoms with Crippen LogP contribution >= 0.6 is 0 Å². The van der Waals surface area contributed by atoms with E-state index in [0.29, 0.717) is 16.8 Å². The number of nitrogens with one attached hydrogen (secondary N) is 1. The highest BCUT2D eigenvalue weighted by atomic mass is 16.4. The van der Waals surface area contributed by atoms with Gasteiger partial charge in [-0.1, -0.05) is 0 Å². The van der Waals surface area contributed by atoms with E-state index in [0.717, 1.165) is 0 Å². The molecule has 0 aliphatic rings. The third-order valence-corrected chi connectivity index (χ3v) is 2.44. The predicted octanol–water partition coefficient (Wildman–Crippen LogP) is 0.451. The highest BCUT2D eigenvalue weighted by molar-refractivity contribution is 5.95. The number of hydrogen-bond donors (Lipinski definition) is 2. The van der Waals surface area contributed by atoms with E-state index in [4.69, 9.17) is 9.52 Å². The SMILES string of the molecule is CC(O)C(=O)Nc1ccc2oc(=O)n(C)c2c1. The molecule has 0 spiro atoms. The van der Waals surface area contributed by atoms with Gasteiger partial charge in [0.1, 0.15) is 6.10 Å². The Morgan fingerprint density at radius 2 is 2.24 bits per heavy atom. The average Bonchev–Trinajstić information content (AvgIpc) is 2.55. The quantitative estimate of drug-likeness (QED) is 0.792. The molecule has 0 aliphatic carbocycles. The smallest absolute Gasteiger partial charge is 0.408 e. The monoisotopic (exact) mass is 236 g/mol. The average molecular weight is 236 g/mol. The van der Waals surface area contributed by atoms with Crippen molar-refractivity contribution in [3.63, 3.8) is 0 Å². The molecule has 2 N–H and O–H groups in total. The van der Waals surface area contributed by atoms with Crippen LogP contribution in [-0.2, 0) is 11.8 Å². The van der Waals surface area contributed by atoms with Crippen LogP contribution in [0.25, 0.3) is 11.1 Å². The molecule has 1 heterocycles. The molecule has 1 amide bonds. The number of aliphatic hydroxyl groups excluding tert-OH is 1. The van der Waals surface area contributed by atoms with Crippen LogP contribution in [0.4, 0.5) is 5.69 Å². The van der Waals surface area contributed by atoms with Gasteiger partial charge in [-0.05, 0) is 25.1 Å². The van der Waals surface area contributed by atoms with Crippen LogP contribution in [0.2, 0.25) is 0 Å². The first-order valence-corrected chi connectivity index (χ1v) is 5.07. The van der Waals surface area contributed by atoms with Crippen molar-refractivity contribution in [2.24, 2.45) is 7.05 Å². The zero-order valence-corrected chi connectivity index (χ0v) is 9.43. The Labute approximate surface area is 96.5 Å². The van der Waals surface area contributed by atoms with E-state index >= 15 is 0 Å². The minimum atomic E-state index is -1.08. The summed E-state index contributed by atoms with van der Waals surface area (Å²) in [4.78, 5) is 22.5. The van der Waals surface area contributed by atoms with E-state index in [1.165, 1.54) is 11.5 Å². The number of fused-ring (bicyclic) bond motifs is 1. The van der Waals surface area contributed by atoms with Gasteiger partial charge in [0.25, 0.3) is 5.91 Å². The number of rotatable bonds is 2. The maximum absolute atomic E-state index is 11.3. The molecule has 0 bridgehead atoms. The van der Waals surface area contributed by atoms with Crippen molar-refractivity contribution in [1.82, 2.24) is 4.57 Å². The molecule has 0 aliphatic heterocycles. The second kappa shape index (κ2) is 4.06. The molecule has 0 fully saturated rings. The number of oxazole rings is 1. The summed E-state index contributed by atoms with van der Waals surface area (Å²) < 4.78 is 6.29. The lowest BCUT2D eigenvalue weighted by Gasteiger charge is -2.06. The van der Waals surface area contributed by atoms with Crippen molar-refractivity contribution in [3.05, 3.63) is 28.7 Å². The lowest BCUT2D eigenvalue weighted by Crippen LogP contribution is -2.24. The number of nitrogens with zero attached hydrogens (tertiary/aromatic N) is 1. The number of carbonyl (C=O) groups excluding carboxylic acids is 1. The molecular weight excluding hydrogens is 224 g/mol. The Morgan fingerprint density at radius 1 is 1.53 bits per heavy atom. The maximum Gasteiger partial charge on any atom is 0.419 e. The van der Waals surface area contributed by atoms with Crippen molar-refractivity contribution >= 4 is 22.7 Å². The van der Waals surface area contributed by atoms with Gasteiger partial charge in [-0.25, -0.2) is 4.79 Å². The van der Waals surface area contributed by atoms with E-state index in [1.807, 2.05) is 0 Å². The first-order valence-electron chi connectivity index (χ1n) is 5.07. The van der Waals surface area contributed by atoms with Crippen molar-refractivity contribution in [3.8, 4) is 0 Å². The standard InChI is InChI=1S/C11H12N2O4/c1-6(14)10(15)12-7-3-4-9-8(5-7)13(2)11(16)17-9/h3-6,14H,1-2H3,(H,12,15). The summed E-state index contributed by atoms with van der Waals surface area (Å²) in [6.45, 7) is 1.38. The number of aromatic nitrogens is 1. The number of aliphatic hydroxyl groups is 1. The normalized spacial score (nSPS) is 12.6. The third-order valence-electron chi connectivity index (χ3n) is 2.44. The molecular formula is C11H12N2O4. The largest absolute Gasteiger partial charge is 0.419 e. The number of carbonyl (C=O) groups is 1. The van der Waals surface area contributed by atoms with Crippen LogP contribution in [-0.4, -0.2) is 21.7 Å². The number of benzene rings is 1. The lowest BCUT2D eigenvalue weighted by atomic mass is 10.2. The summed E-state index contributed by atoms with van der Waals surface area (Å²) in [7, 11) is 1.58. The minimum Gasteiger partial charge on any atom is -0.408 e. The molecule has 1 atom stereocenters. The molecule has 0 saturated carbocycles. The Bertz CT molecular complexity index is 624. The van der Waals surface area contributed by atoms with Crippen molar-refractivity contribution in [2.75, 3.05) is 5.32 Å². The molecule has 17 heavy (non-hydrogen) atoms. The Hall–Kier alpha value is -2.08. The van der Waals surface area contributed by atoms with Crippen LogP contribution in [0.1, 0.15) is 6.92 Å². The van der Waals surface area contributed by atoms with Crippen LogP contribution in [0.15, 0.2) is 27.4 Å². The van der Waals surface area contributed by atoms with Crippen molar-refractivity contribution in [1.29, 1.82) is 0 Å². The van der Waals surface area contributed by atoms with E-state index in [-0.39, 0.29) is 0 Å². The first kappa shape index (κ1) is 11.4. The van der Waals surface area contributed by atoms with Gasteiger partial charge in [-0.2, -0.15) is 0 Å². The van der Waals surface area contributed by atoms with E-state index in [1.54, 1.807) is 25.2 Å². The van der Waals surface area contributed by atoms with Gasteiger partial charge in [0.15, 0.2) is 5.58 Å². The van der Waals surface area contributed by atoms with Crippen LogP contribution < -0.4 is 11.1 Å². The molecule has 0 radical (unpaired) electrons. The Morgan fingerprint density at radius 3 is 2.88 bits per heavy atom. The van der Waals surface area contributed by atoms with Crippen LogP contribution in [0, 0.1) is 0 Å². The summed E-state index contributed by atoms with van der Waals surface area (Å²) in [5.74, 6) is -0.961. The molecule has 1 aromatic carbocycles. The topological polar surface area (TPSA) is 84.5 Å². The molecule has 90 valence electrons. The molecule has 2 aromatic rings. The fourth-order valence-corrected chi connectivity index (χ4v) is 1.45. The van der Waals surface area contributed by atoms with Gasteiger partial charge >= 0.3 is 5.76 Å². The molecule has 1 unspecified atom stereocenters. The summed E-state index contributed by atoms with van der Waals surface area (Å²) >= 11 is 0. The van der Waals surface area contributed by atoms with Gasteiger partial charge in [0, 0.05) is 12.7 Å². The number of aryl methyl sites for hydroxylation is 1. The van der Waals surface area contributed by atoms with Crippen molar-refractivity contribution < 1.29 is 14.3 Å². The highest BCUT2D eigenvalue weighted by Crippen LogP contribution is 2.17. The van der Waals surface area contributed by atoms with Gasteiger partial charge < -0.3 is 14.8 Å². The van der Waals surface area contributed by atoms with Crippen LogP contribution in [0.5, 0.6) is 0 Å². The number of amides is 1.